The lowest BCUT2D eigenvalue weighted by molar-refractivity contribution is -0.0287. The van der Waals surface area contributed by atoms with Gasteiger partial charge >= 0.3 is 0 Å². The zero-order chi connectivity index (χ0) is 12.3. The quantitative estimate of drug-likeness (QED) is 0.577. The first-order valence-corrected chi connectivity index (χ1v) is 6.78. The predicted octanol–water partition coefficient (Wildman–Crippen LogP) is 1.54. The molecule has 0 aliphatic carbocycles. The molecule has 102 valence electrons. The molecule has 17 heavy (non-hydrogen) atoms. The average Bonchev–Trinajstić information content (AvgIpc) is 2.35. The van der Waals surface area contributed by atoms with Crippen LogP contribution in [0.3, 0.4) is 0 Å². The predicted molar refractivity (Wildman–Crippen MR) is 68.4 cm³/mol. The first-order chi connectivity index (χ1) is 8.33. The van der Waals surface area contributed by atoms with Gasteiger partial charge in [-0.2, -0.15) is 0 Å². The van der Waals surface area contributed by atoms with Crippen molar-refractivity contribution in [2.24, 2.45) is 0 Å². The van der Waals surface area contributed by atoms with E-state index in [1.54, 1.807) is 0 Å². The maximum atomic E-state index is 5.77. The molecule has 0 spiro atoms. The van der Waals surface area contributed by atoms with Crippen LogP contribution in [-0.4, -0.2) is 64.2 Å². The Morgan fingerprint density at radius 2 is 1.53 bits per heavy atom. The summed E-state index contributed by atoms with van der Waals surface area (Å²) in [5.74, 6) is 0. The molecule has 0 aromatic heterocycles. The molecule has 0 bridgehead atoms. The van der Waals surface area contributed by atoms with E-state index in [4.69, 9.17) is 14.2 Å². The number of hydrogen-bond donors (Lipinski definition) is 0. The Labute approximate surface area is 105 Å². The van der Waals surface area contributed by atoms with Crippen molar-refractivity contribution in [2.45, 2.75) is 32.3 Å². The Bertz CT molecular complexity index is 170. The Hall–Kier alpha value is -0.160. The molecule has 0 N–H and O–H groups in total. The standard InChI is InChI=1S/C13H27NO3/c1-3-8-15-9-10-16-11-12-17-13-4-6-14(2)7-5-13/h13H,3-12H2,1-2H3. The van der Waals surface area contributed by atoms with Crippen LogP contribution < -0.4 is 0 Å². The molecule has 0 amide bonds. The summed E-state index contributed by atoms with van der Waals surface area (Å²) in [5, 5.41) is 0. The van der Waals surface area contributed by atoms with E-state index in [1.165, 1.54) is 0 Å². The molecule has 0 atom stereocenters. The SMILES string of the molecule is CCCOCCOCCOC1CCN(C)CC1. The summed E-state index contributed by atoms with van der Waals surface area (Å²) < 4.78 is 16.5. The molecule has 1 heterocycles. The molecule has 1 aliphatic heterocycles. The molecule has 1 aliphatic rings. The molecular formula is C13H27NO3. The Morgan fingerprint density at radius 1 is 0.941 bits per heavy atom. The summed E-state index contributed by atoms with van der Waals surface area (Å²) in [7, 11) is 2.16. The lowest BCUT2D eigenvalue weighted by Gasteiger charge is -2.28. The molecule has 1 saturated heterocycles. The van der Waals surface area contributed by atoms with Crippen molar-refractivity contribution in [1.29, 1.82) is 0 Å². The van der Waals surface area contributed by atoms with Gasteiger partial charge in [-0.1, -0.05) is 6.92 Å². The van der Waals surface area contributed by atoms with Gasteiger partial charge < -0.3 is 19.1 Å². The topological polar surface area (TPSA) is 30.9 Å². The fraction of sp³-hybridized carbons (Fsp3) is 1.00. The smallest absolute Gasteiger partial charge is 0.0704 e. The number of nitrogens with zero attached hydrogens (tertiary/aromatic N) is 1. The molecule has 4 heteroatoms. The maximum absolute atomic E-state index is 5.77. The highest BCUT2D eigenvalue weighted by Crippen LogP contribution is 2.11. The summed E-state index contributed by atoms with van der Waals surface area (Å²) in [5.41, 5.74) is 0. The van der Waals surface area contributed by atoms with E-state index in [-0.39, 0.29) is 0 Å². The van der Waals surface area contributed by atoms with Crippen LogP contribution in [0, 0.1) is 0 Å². The number of ether oxygens (including phenoxy) is 3. The number of piperidine rings is 1. The second kappa shape index (κ2) is 9.83. The number of likely N-dealkylation sites (tertiary alicyclic amines) is 1. The summed E-state index contributed by atoms with van der Waals surface area (Å²) >= 11 is 0. The zero-order valence-electron chi connectivity index (χ0n) is 11.3. The molecule has 1 fully saturated rings. The van der Waals surface area contributed by atoms with Crippen LogP contribution in [0.2, 0.25) is 0 Å². The Balaban J connectivity index is 1.81. The third-order valence-electron chi connectivity index (χ3n) is 2.97. The fourth-order valence-electron chi connectivity index (χ4n) is 1.89. The van der Waals surface area contributed by atoms with Crippen molar-refractivity contribution in [3.8, 4) is 0 Å². The largest absolute Gasteiger partial charge is 0.379 e. The van der Waals surface area contributed by atoms with Gasteiger partial charge in [0, 0.05) is 19.7 Å². The number of rotatable bonds is 9. The fourth-order valence-corrected chi connectivity index (χ4v) is 1.89. The highest BCUT2D eigenvalue weighted by atomic mass is 16.5. The van der Waals surface area contributed by atoms with Gasteiger partial charge in [-0.15, -0.1) is 0 Å². The van der Waals surface area contributed by atoms with Gasteiger partial charge in [0.05, 0.1) is 32.5 Å². The van der Waals surface area contributed by atoms with E-state index < -0.39 is 0 Å². The molecule has 0 unspecified atom stereocenters. The van der Waals surface area contributed by atoms with Crippen LogP contribution in [0.4, 0.5) is 0 Å². The Morgan fingerprint density at radius 3 is 2.18 bits per heavy atom. The van der Waals surface area contributed by atoms with Crippen molar-refractivity contribution in [3.63, 3.8) is 0 Å². The van der Waals surface area contributed by atoms with E-state index in [1.807, 2.05) is 0 Å². The molecule has 1 rings (SSSR count). The van der Waals surface area contributed by atoms with Gasteiger partial charge in [-0.25, -0.2) is 0 Å². The molecule has 0 saturated carbocycles. The van der Waals surface area contributed by atoms with Crippen molar-refractivity contribution < 1.29 is 14.2 Å². The second-order valence-electron chi connectivity index (χ2n) is 4.60. The summed E-state index contributed by atoms with van der Waals surface area (Å²) in [4.78, 5) is 2.35. The van der Waals surface area contributed by atoms with Crippen molar-refractivity contribution in [1.82, 2.24) is 4.90 Å². The van der Waals surface area contributed by atoms with Gasteiger partial charge in [0.25, 0.3) is 0 Å². The highest BCUT2D eigenvalue weighted by molar-refractivity contribution is 4.69. The molecular weight excluding hydrogens is 218 g/mol. The third kappa shape index (κ3) is 7.71. The highest BCUT2D eigenvalue weighted by Gasteiger charge is 2.16. The second-order valence-corrected chi connectivity index (χ2v) is 4.60. The summed E-state index contributed by atoms with van der Waals surface area (Å²) in [6, 6.07) is 0. The van der Waals surface area contributed by atoms with Crippen LogP contribution in [0.25, 0.3) is 0 Å². The number of hydrogen-bond acceptors (Lipinski definition) is 4. The molecule has 0 aromatic rings. The van der Waals surface area contributed by atoms with Crippen LogP contribution in [0.5, 0.6) is 0 Å². The lowest BCUT2D eigenvalue weighted by atomic mass is 10.1. The van der Waals surface area contributed by atoms with E-state index in [0.717, 1.165) is 39.0 Å². The van der Waals surface area contributed by atoms with E-state index in [9.17, 15) is 0 Å². The first-order valence-electron chi connectivity index (χ1n) is 6.78. The van der Waals surface area contributed by atoms with Crippen LogP contribution >= 0.6 is 0 Å². The molecule has 4 nitrogen and oxygen atoms in total. The van der Waals surface area contributed by atoms with Crippen LogP contribution in [-0.2, 0) is 14.2 Å². The first kappa shape index (κ1) is 14.9. The van der Waals surface area contributed by atoms with Crippen molar-refractivity contribution in [3.05, 3.63) is 0 Å². The van der Waals surface area contributed by atoms with Gasteiger partial charge in [-0.05, 0) is 26.3 Å². The van der Waals surface area contributed by atoms with Crippen molar-refractivity contribution >= 4 is 0 Å². The molecule has 0 radical (unpaired) electrons. The van der Waals surface area contributed by atoms with Gasteiger partial charge in [-0.3, -0.25) is 0 Å². The Kier molecular flexibility index (Phi) is 8.61. The maximum Gasteiger partial charge on any atom is 0.0704 e. The summed E-state index contributed by atoms with van der Waals surface area (Å²) in [6.07, 6.45) is 3.80. The zero-order valence-corrected chi connectivity index (χ0v) is 11.3. The van der Waals surface area contributed by atoms with Gasteiger partial charge in [0.2, 0.25) is 0 Å². The summed E-state index contributed by atoms with van der Waals surface area (Å²) in [6.45, 7) is 8.00. The van der Waals surface area contributed by atoms with Crippen molar-refractivity contribution in [2.75, 3.05) is 53.2 Å². The van der Waals surface area contributed by atoms with Crippen LogP contribution in [0.15, 0.2) is 0 Å². The van der Waals surface area contributed by atoms with E-state index in [0.29, 0.717) is 32.5 Å². The minimum Gasteiger partial charge on any atom is -0.379 e. The minimum atomic E-state index is 0.436. The monoisotopic (exact) mass is 245 g/mol. The van der Waals surface area contributed by atoms with Crippen LogP contribution in [0.1, 0.15) is 26.2 Å². The minimum absolute atomic E-state index is 0.436. The van der Waals surface area contributed by atoms with E-state index >= 15 is 0 Å². The normalized spacial score (nSPS) is 18.7. The molecule has 0 aromatic carbocycles. The van der Waals surface area contributed by atoms with Gasteiger partial charge in [0.1, 0.15) is 0 Å². The average molecular weight is 245 g/mol. The van der Waals surface area contributed by atoms with E-state index in [2.05, 4.69) is 18.9 Å². The lowest BCUT2D eigenvalue weighted by Crippen LogP contribution is -2.34. The van der Waals surface area contributed by atoms with Gasteiger partial charge in [0.15, 0.2) is 0 Å². The third-order valence-corrected chi connectivity index (χ3v) is 2.97.